The molecule has 0 saturated heterocycles. The molecule has 0 atom stereocenters. The van der Waals surface area contributed by atoms with E-state index in [-0.39, 0.29) is 11.3 Å². The summed E-state index contributed by atoms with van der Waals surface area (Å²) in [4.78, 5) is 11.3. The molecule has 0 aliphatic heterocycles. The summed E-state index contributed by atoms with van der Waals surface area (Å²) in [7, 11) is -3.87. The van der Waals surface area contributed by atoms with Gasteiger partial charge in [0.2, 0.25) is 5.91 Å². The average Bonchev–Trinajstić information content (AvgIpc) is 2.38. The quantitative estimate of drug-likeness (QED) is 0.947. The molecule has 2 rings (SSSR count). The molecule has 0 fully saturated rings. The van der Waals surface area contributed by atoms with Crippen molar-refractivity contribution in [3.05, 3.63) is 41.4 Å². The Bertz CT molecular complexity index is 741. The van der Waals surface area contributed by atoms with Gasteiger partial charge in [-0.2, -0.15) is 0 Å². The third-order valence-corrected chi connectivity index (χ3v) is 4.45. The van der Waals surface area contributed by atoms with Gasteiger partial charge in [-0.1, -0.05) is 42.8 Å². The van der Waals surface area contributed by atoms with Crippen LogP contribution in [0.4, 0.5) is 0 Å². The number of amides is 1. The molecule has 2 aromatic carbocycles. The molecule has 1 N–H and O–H groups in total. The second-order valence-electron chi connectivity index (χ2n) is 3.97. The van der Waals surface area contributed by atoms with Gasteiger partial charge in [0.15, 0.2) is 0 Å². The van der Waals surface area contributed by atoms with Gasteiger partial charge >= 0.3 is 0 Å². The van der Waals surface area contributed by atoms with Crippen LogP contribution < -0.4 is 4.72 Å². The Morgan fingerprint density at radius 3 is 2.42 bits per heavy atom. The molecule has 0 bridgehead atoms. The van der Waals surface area contributed by atoms with Crippen molar-refractivity contribution in [1.29, 1.82) is 0 Å². The van der Waals surface area contributed by atoms with E-state index in [1.54, 1.807) is 31.2 Å². The zero-order valence-corrected chi connectivity index (χ0v) is 11.8. The summed E-state index contributed by atoms with van der Waals surface area (Å²) in [5.74, 6) is -0.543. The molecule has 1 amide bonds. The Hall–Kier alpha value is -1.59. The van der Waals surface area contributed by atoms with Gasteiger partial charge in [0.25, 0.3) is 10.0 Å². The molecule has 100 valence electrons. The molecule has 4 nitrogen and oxygen atoms in total. The minimum atomic E-state index is -3.87. The Kier molecular flexibility index (Phi) is 3.78. The fourth-order valence-corrected chi connectivity index (χ4v) is 3.24. The number of carbonyl (C=O) groups is 1. The minimum absolute atomic E-state index is 0.0503. The van der Waals surface area contributed by atoms with E-state index in [1.165, 1.54) is 12.1 Å². The number of hydrogen-bond acceptors (Lipinski definition) is 3. The smallest absolute Gasteiger partial charge is 0.264 e. The highest BCUT2D eigenvalue weighted by atomic mass is 35.5. The van der Waals surface area contributed by atoms with Crippen LogP contribution >= 0.6 is 11.6 Å². The summed E-state index contributed by atoms with van der Waals surface area (Å²) < 4.78 is 26.3. The van der Waals surface area contributed by atoms with E-state index in [2.05, 4.69) is 0 Å². The monoisotopic (exact) mass is 297 g/mol. The third kappa shape index (κ3) is 2.72. The first-order valence-corrected chi connectivity index (χ1v) is 7.54. The highest BCUT2D eigenvalue weighted by molar-refractivity contribution is 7.90. The van der Waals surface area contributed by atoms with E-state index >= 15 is 0 Å². The summed E-state index contributed by atoms with van der Waals surface area (Å²) in [6, 6.07) is 9.80. The highest BCUT2D eigenvalue weighted by Crippen LogP contribution is 2.28. The summed E-state index contributed by atoms with van der Waals surface area (Å²) in [6.07, 6.45) is 0.102. The van der Waals surface area contributed by atoms with Crippen LogP contribution in [0.15, 0.2) is 41.3 Å². The van der Waals surface area contributed by atoms with Crippen LogP contribution in [-0.2, 0) is 14.8 Å². The second kappa shape index (κ2) is 5.19. The highest BCUT2D eigenvalue weighted by Gasteiger charge is 2.20. The van der Waals surface area contributed by atoms with Crippen molar-refractivity contribution in [1.82, 2.24) is 4.72 Å². The third-order valence-electron chi connectivity index (χ3n) is 2.69. The first-order chi connectivity index (χ1) is 8.95. The Balaban J connectivity index is 2.64. The summed E-state index contributed by atoms with van der Waals surface area (Å²) >= 11 is 6.03. The predicted molar refractivity (Wildman–Crippen MR) is 74.6 cm³/mol. The van der Waals surface area contributed by atoms with Gasteiger partial charge in [0, 0.05) is 22.2 Å². The SMILES string of the molecule is CCC(=O)NS(=O)(=O)c1ccc(Cl)c2ccccc12. The van der Waals surface area contributed by atoms with E-state index in [0.29, 0.717) is 15.8 Å². The average molecular weight is 298 g/mol. The summed E-state index contributed by atoms with van der Waals surface area (Å²) in [5, 5.41) is 1.60. The Labute approximate surface area is 116 Å². The topological polar surface area (TPSA) is 63.2 Å². The van der Waals surface area contributed by atoms with Crippen LogP contribution in [0.5, 0.6) is 0 Å². The van der Waals surface area contributed by atoms with Gasteiger partial charge in [-0.15, -0.1) is 0 Å². The van der Waals surface area contributed by atoms with Crippen molar-refractivity contribution in [2.24, 2.45) is 0 Å². The first kappa shape index (κ1) is 13.8. The molecule has 0 heterocycles. The lowest BCUT2D eigenvalue weighted by atomic mass is 10.1. The number of hydrogen-bond donors (Lipinski definition) is 1. The zero-order chi connectivity index (χ0) is 14.0. The number of halogens is 1. The molecule has 6 heteroatoms. The number of sulfonamides is 1. The largest absolute Gasteiger partial charge is 0.274 e. The molecule has 0 radical (unpaired) electrons. The first-order valence-electron chi connectivity index (χ1n) is 5.68. The van der Waals surface area contributed by atoms with E-state index in [1.807, 2.05) is 4.72 Å². The van der Waals surface area contributed by atoms with E-state index in [0.717, 1.165) is 0 Å². The zero-order valence-electron chi connectivity index (χ0n) is 10.2. The minimum Gasteiger partial charge on any atom is -0.274 e. The number of carbonyl (C=O) groups excluding carboxylic acids is 1. The van der Waals surface area contributed by atoms with Crippen molar-refractivity contribution in [3.8, 4) is 0 Å². The van der Waals surface area contributed by atoms with Gasteiger partial charge in [-0.3, -0.25) is 4.79 Å². The fourth-order valence-electron chi connectivity index (χ4n) is 1.75. The van der Waals surface area contributed by atoms with Gasteiger partial charge in [-0.05, 0) is 12.1 Å². The maximum Gasteiger partial charge on any atom is 0.264 e. The Morgan fingerprint density at radius 1 is 1.16 bits per heavy atom. The predicted octanol–water partition coefficient (Wildman–Crippen LogP) is 2.71. The lowest BCUT2D eigenvalue weighted by Crippen LogP contribution is -2.29. The maximum atomic E-state index is 12.2. The number of fused-ring (bicyclic) bond motifs is 1. The molecular formula is C13H12ClNO3S. The van der Waals surface area contributed by atoms with Gasteiger partial charge in [0.05, 0.1) is 4.90 Å². The maximum absolute atomic E-state index is 12.2. The molecule has 0 saturated carbocycles. The van der Waals surface area contributed by atoms with E-state index < -0.39 is 15.9 Å². The summed E-state index contributed by atoms with van der Waals surface area (Å²) in [5.41, 5.74) is 0. The Morgan fingerprint density at radius 2 is 1.79 bits per heavy atom. The molecule has 0 aliphatic carbocycles. The van der Waals surface area contributed by atoms with Gasteiger partial charge < -0.3 is 0 Å². The van der Waals surface area contributed by atoms with E-state index in [9.17, 15) is 13.2 Å². The molecule has 0 aliphatic rings. The van der Waals surface area contributed by atoms with Crippen molar-refractivity contribution >= 4 is 38.3 Å². The van der Waals surface area contributed by atoms with Gasteiger partial charge in [0.1, 0.15) is 0 Å². The fraction of sp³-hybridized carbons (Fsp3) is 0.154. The standard InChI is InChI=1S/C13H12ClNO3S/c1-2-13(16)15-19(17,18)12-8-7-11(14)9-5-3-4-6-10(9)12/h3-8H,2H2,1H3,(H,15,16). The lowest BCUT2D eigenvalue weighted by Gasteiger charge is -2.09. The van der Waals surface area contributed by atoms with Crippen LogP contribution in [0.3, 0.4) is 0 Å². The molecule has 0 aromatic heterocycles. The summed E-state index contributed by atoms with van der Waals surface area (Å²) in [6.45, 7) is 1.59. The number of nitrogens with one attached hydrogen (secondary N) is 1. The van der Waals surface area contributed by atoms with Crippen molar-refractivity contribution in [3.63, 3.8) is 0 Å². The van der Waals surface area contributed by atoms with Crippen LogP contribution in [-0.4, -0.2) is 14.3 Å². The number of benzene rings is 2. The second-order valence-corrected chi connectivity index (χ2v) is 6.03. The lowest BCUT2D eigenvalue weighted by molar-refractivity contribution is -0.119. The molecule has 19 heavy (non-hydrogen) atoms. The molecule has 2 aromatic rings. The van der Waals surface area contributed by atoms with Crippen LogP contribution in [0.2, 0.25) is 5.02 Å². The molecule has 0 unspecified atom stereocenters. The number of rotatable bonds is 3. The molecular weight excluding hydrogens is 286 g/mol. The van der Waals surface area contributed by atoms with Crippen LogP contribution in [0.25, 0.3) is 10.8 Å². The van der Waals surface area contributed by atoms with E-state index in [4.69, 9.17) is 11.6 Å². The normalized spacial score (nSPS) is 11.5. The molecule has 0 spiro atoms. The van der Waals surface area contributed by atoms with Crippen molar-refractivity contribution in [2.75, 3.05) is 0 Å². The van der Waals surface area contributed by atoms with Crippen molar-refractivity contribution in [2.45, 2.75) is 18.2 Å². The van der Waals surface area contributed by atoms with Crippen LogP contribution in [0, 0.1) is 0 Å². The van der Waals surface area contributed by atoms with Gasteiger partial charge in [-0.25, -0.2) is 13.1 Å². The van der Waals surface area contributed by atoms with Crippen molar-refractivity contribution < 1.29 is 13.2 Å². The van der Waals surface area contributed by atoms with Crippen LogP contribution in [0.1, 0.15) is 13.3 Å².